The third-order valence-corrected chi connectivity index (χ3v) is 2.87. The first-order valence-electron chi connectivity index (χ1n) is 6.63. The van der Waals surface area contributed by atoms with Crippen molar-refractivity contribution in [2.24, 2.45) is 0 Å². The minimum absolute atomic E-state index is 0.270. The largest absolute Gasteiger partial charge is 0.421 e. The summed E-state index contributed by atoms with van der Waals surface area (Å²) in [5.74, 6) is -1.28. The summed E-state index contributed by atoms with van der Waals surface area (Å²) < 4.78 is 10.4. The van der Waals surface area contributed by atoms with E-state index in [1.807, 2.05) is 30.3 Å². The van der Waals surface area contributed by atoms with Crippen molar-refractivity contribution in [3.8, 4) is 5.75 Å². The lowest BCUT2D eigenvalue weighted by Gasteiger charge is -2.11. The van der Waals surface area contributed by atoms with E-state index in [4.69, 9.17) is 9.47 Å². The molecular weight excluding hydrogens is 268 g/mol. The molecule has 0 aliphatic heterocycles. The van der Waals surface area contributed by atoms with E-state index in [1.54, 1.807) is 30.3 Å². The molecule has 0 aromatic heterocycles. The van der Waals surface area contributed by atoms with Crippen LogP contribution in [0.5, 0.6) is 5.75 Å². The first-order valence-corrected chi connectivity index (χ1v) is 6.63. The van der Waals surface area contributed by atoms with Crippen LogP contribution >= 0.6 is 0 Å². The predicted molar refractivity (Wildman–Crippen MR) is 77.8 cm³/mol. The molecule has 0 bridgehead atoms. The van der Waals surface area contributed by atoms with Gasteiger partial charge in [0.2, 0.25) is 0 Å². The van der Waals surface area contributed by atoms with E-state index in [0.717, 1.165) is 5.56 Å². The average molecular weight is 284 g/mol. The zero-order valence-electron chi connectivity index (χ0n) is 11.7. The molecule has 4 heteroatoms. The second-order valence-corrected chi connectivity index (χ2v) is 4.51. The third-order valence-electron chi connectivity index (χ3n) is 2.87. The second-order valence-electron chi connectivity index (χ2n) is 4.51. The number of hydrogen-bond donors (Lipinski definition) is 0. The molecule has 0 amide bonds. The van der Waals surface area contributed by atoms with Gasteiger partial charge in [-0.05, 0) is 24.6 Å². The molecule has 0 heterocycles. The van der Waals surface area contributed by atoms with Gasteiger partial charge in [-0.25, -0.2) is 4.79 Å². The fourth-order valence-corrected chi connectivity index (χ4v) is 1.68. The fraction of sp³-hybridized carbons (Fsp3) is 0.176. The summed E-state index contributed by atoms with van der Waals surface area (Å²) in [7, 11) is 0. The number of esters is 1. The topological polar surface area (TPSA) is 52.6 Å². The molecule has 2 aromatic carbocycles. The van der Waals surface area contributed by atoms with Crippen molar-refractivity contribution in [2.45, 2.75) is 19.6 Å². The number of hydrogen-bond acceptors (Lipinski definition) is 4. The van der Waals surface area contributed by atoms with Gasteiger partial charge in [-0.3, -0.25) is 4.79 Å². The lowest BCUT2D eigenvalue weighted by molar-refractivity contribution is -0.152. The summed E-state index contributed by atoms with van der Waals surface area (Å²) in [4.78, 5) is 23.6. The zero-order chi connectivity index (χ0) is 15.1. The summed E-state index contributed by atoms with van der Waals surface area (Å²) in [5, 5.41) is 0. The van der Waals surface area contributed by atoms with Crippen LogP contribution in [-0.2, 0) is 20.9 Å². The van der Waals surface area contributed by atoms with Gasteiger partial charge in [-0.1, -0.05) is 48.5 Å². The van der Waals surface area contributed by atoms with Crippen molar-refractivity contribution in [1.29, 1.82) is 0 Å². The lowest BCUT2D eigenvalue weighted by Crippen LogP contribution is -2.31. The Morgan fingerprint density at radius 3 is 2.14 bits per heavy atom. The first kappa shape index (κ1) is 14.9. The van der Waals surface area contributed by atoms with Crippen LogP contribution in [0.2, 0.25) is 0 Å². The molecule has 2 aromatic rings. The first-order chi connectivity index (χ1) is 10.2. The van der Waals surface area contributed by atoms with Gasteiger partial charge in [0.1, 0.15) is 11.9 Å². The molecule has 4 nitrogen and oxygen atoms in total. The number of para-hydroxylation sites is 1. The van der Waals surface area contributed by atoms with Gasteiger partial charge in [0.05, 0.1) is 6.61 Å². The monoisotopic (exact) mass is 284 g/mol. The maximum atomic E-state index is 11.9. The highest BCUT2D eigenvalue weighted by Crippen LogP contribution is 2.10. The number of ketones is 1. The van der Waals surface area contributed by atoms with Crippen molar-refractivity contribution in [1.82, 2.24) is 0 Å². The van der Waals surface area contributed by atoms with Crippen molar-refractivity contribution >= 4 is 11.8 Å². The smallest absolute Gasteiger partial charge is 0.382 e. The lowest BCUT2D eigenvalue weighted by atomic mass is 10.2. The minimum Gasteiger partial charge on any atom is -0.421 e. The van der Waals surface area contributed by atoms with Crippen LogP contribution in [0.15, 0.2) is 60.7 Å². The number of Topliss-reactive ketones (excluding diaryl/α,β-unsaturated/α-hetero) is 1. The minimum atomic E-state index is -0.915. The average Bonchev–Trinajstić information content (AvgIpc) is 2.53. The molecule has 1 atom stereocenters. The van der Waals surface area contributed by atoms with Crippen molar-refractivity contribution in [2.75, 3.05) is 0 Å². The number of carbonyl (C=O) groups excluding carboxylic acids is 2. The summed E-state index contributed by atoms with van der Waals surface area (Å²) in [5.41, 5.74) is 0.938. The van der Waals surface area contributed by atoms with Crippen LogP contribution in [0.1, 0.15) is 12.5 Å². The summed E-state index contributed by atoms with van der Waals surface area (Å²) >= 11 is 0. The van der Waals surface area contributed by atoms with Gasteiger partial charge in [-0.15, -0.1) is 0 Å². The fourth-order valence-electron chi connectivity index (χ4n) is 1.68. The Kier molecular flexibility index (Phi) is 5.23. The van der Waals surface area contributed by atoms with Gasteiger partial charge < -0.3 is 9.47 Å². The summed E-state index contributed by atoms with van der Waals surface area (Å²) in [6.07, 6.45) is -0.846. The van der Waals surface area contributed by atoms with E-state index in [-0.39, 0.29) is 6.61 Å². The normalized spacial score (nSPS) is 11.7. The van der Waals surface area contributed by atoms with Gasteiger partial charge in [0.25, 0.3) is 5.78 Å². The summed E-state index contributed by atoms with van der Waals surface area (Å²) in [6.45, 7) is 1.81. The quantitative estimate of drug-likeness (QED) is 0.465. The standard InChI is InChI=1S/C17H16O4/c1-13(20-12-14-8-4-2-5-9-14)16(18)17(19)21-15-10-6-3-7-11-15/h2-11,13H,12H2,1H3. The van der Waals surface area contributed by atoms with Gasteiger partial charge >= 0.3 is 5.97 Å². The van der Waals surface area contributed by atoms with Crippen LogP contribution in [0, 0.1) is 0 Å². The Morgan fingerprint density at radius 2 is 1.52 bits per heavy atom. The number of carbonyl (C=O) groups is 2. The number of rotatable bonds is 6. The Morgan fingerprint density at radius 1 is 0.952 bits per heavy atom. The second kappa shape index (κ2) is 7.36. The van der Waals surface area contributed by atoms with Crippen LogP contribution in [0.3, 0.4) is 0 Å². The van der Waals surface area contributed by atoms with E-state index < -0.39 is 17.9 Å². The van der Waals surface area contributed by atoms with Crippen LogP contribution in [0.25, 0.3) is 0 Å². The third kappa shape index (κ3) is 4.54. The van der Waals surface area contributed by atoms with E-state index in [1.165, 1.54) is 6.92 Å². The molecule has 0 fully saturated rings. The molecular formula is C17H16O4. The highest BCUT2D eigenvalue weighted by molar-refractivity contribution is 6.35. The molecule has 21 heavy (non-hydrogen) atoms. The Hall–Kier alpha value is -2.46. The number of ether oxygens (including phenoxy) is 2. The van der Waals surface area contributed by atoms with E-state index in [2.05, 4.69) is 0 Å². The van der Waals surface area contributed by atoms with Gasteiger partial charge in [0, 0.05) is 0 Å². The predicted octanol–water partition coefficient (Wildman–Crippen LogP) is 2.77. The Bertz CT molecular complexity index is 593. The van der Waals surface area contributed by atoms with E-state index in [9.17, 15) is 9.59 Å². The summed E-state index contributed by atoms with van der Waals surface area (Å²) in [6, 6.07) is 17.9. The molecule has 0 saturated carbocycles. The van der Waals surface area contributed by atoms with E-state index >= 15 is 0 Å². The van der Waals surface area contributed by atoms with Crippen LogP contribution in [0.4, 0.5) is 0 Å². The zero-order valence-corrected chi connectivity index (χ0v) is 11.7. The Balaban J connectivity index is 1.85. The van der Waals surface area contributed by atoms with Crippen molar-refractivity contribution in [3.63, 3.8) is 0 Å². The molecule has 2 rings (SSSR count). The molecule has 0 radical (unpaired) electrons. The van der Waals surface area contributed by atoms with Crippen LogP contribution < -0.4 is 4.74 Å². The van der Waals surface area contributed by atoms with E-state index in [0.29, 0.717) is 5.75 Å². The van der Waals surface area contributed by atoms with Crippen LogP contribution in [-0.4, -0.2) is 17.9 Å². The van der Waals surface area contributed by atoms with Gasteiger partial charge in [-0.2, -0.15) is 0 Å². The maximum Gasteiger partial charge on any atom is 0.382 e. The highest BCUT2D eigenvalue weighted by Gasteiger charge is 2.24. The molecule has 108 valence electrons. The number of benzene rings is 2. The van der Waals surface area contributed by atoms with Gasteiger partial charge in [0.15, 0.2) is 0 Å². The SMILES string of the molecule is CC(OCc1ccccc1)C(=O)C(=O)Oc1ccccc1. The maximum absolute atomic E-state index is 11.9. The molecule has 1 unspecified atom stereocenters. The molecule has 0 saturated heterocycles. The Labute approximate surface area is 123 Å². The van der Waals surface area contributed by atoms with Crippen molar-refractivity contribution in [3.05, 3.63) is 66.2 Å². The van der Waals surface area contributed by atoms with Crippen molar-refractivity contribution < 1.29 is 19.1 Å². The molecule has 0 N–H and O–H groups in total. The molecule has 0 aliphatic rings. The molecule has 0 aliphatic carbocycles. The molecule has 0 spiro atoms. The highest BCUT2D eigenvalue weighted by atomic mass is 16.5.